The number of ether oxygens (including phenoxy) is 2. The molecule has 1 unspecified atom stereocenters. The van der Waals surface area contributed by atoms with Crippen molar-refractivity contribution in [2.24, 2.45) is 5.41 Å². The van der Waals surface area contributed by atoms with E-state index in [-0.39, 0.29) is 11.5 Å². The first-order valence-corrected chi connectivity index (χ1v) is 14.9. The number of morpholine rings is 1. The summed E-state index contributed by atoms with van der Waals surface area (Å²) < 4.78 is 11.9. The van der Waals surface area contributed by atoms with Crippen LogP contribution in [0.25, 0.3) is 22.3 Å². The molecule has 0 bridgehead atoms. The molecule has 0 amide bonds. The van der Waals surface area contributed by atoms with Crippen molar-refractivity contribution in [3.05, 3.63) is 58.9 Å². The smallest absolute Gasteiger partial charge is 0.177 e. The summed E-state index contributed by atoms with van der Waals surface area (Å²) in [6, 6.07) is 8.74. The average molecular weight is 554 g/mol. The maximum Gasteiger partial charge on any atom is 0.177 e. The summed E-state index contributed by atoms with van der Waals surface area (Å²) in [6.07, 6.45) is 5.03. The summed E-state index contributed by atoms with van der Waals surface area (Å²) in [6.45, 7) is 14.4. The van der Waals surface area contributed by atoms with Crippen LogP contribution in [0.3, 0.4) is 0 Å². The summed E-state index contributed by atoms with van der Waals surface area (Å²) in [5.41, 5.74) is 7.78. The monoisotopic (exact) mass is 553 g/mol. The first kappa shape index (κ1) is 26.3. The fraction of sp³-hybridized carbons (Fsp3) is 0.500. The fourth-order valence-electron chi connectivity index (χ4n) is 6.46. The van der Waals surface area contributed by atoms with Gasteiger partial charge in [0.2, 0.25) is 0 Å². The van der Waals surface area contributed by atoms with Crippen LogP contribution >= 0.6 is 0 Å². The maximum atomic E-state index is 6.28. The molecular formula is C32H39N7O2. The second kappa shape index (κ2) is 10.4. The van der Waals surface area contributed by atoms with E-state index in [0.29, 0.717) is 6.61 Å². The number of H-pyrrole nitrogens is 1. The van der Waals surface area contributed by atoms with Gasteiger partial charge < -0.3 is 19.4 Å². The number of hydrogen-bond donors (Lipinski definition) is 1. The van der Waals surface area contributed by atoms with E-state index >= 15 is 0 Å². The third kappa shape index (κ3) is 5.17. The Hall–Kier alpha value is -3.56. The molecule has 1 N–H and O–H groups in total. The number of hydrogen-bond acceptors (Lipinski definition) is 8. The molecule has 0 spiro atoms. The van der Waals surface area contributed by atoms with E-state index in [0.717, 1.165) is 110 Å². The number of pyridine rings is 1. The molecule has 9 heteroatoms. The molecule has 214 valence electrons. The molecule has 5 heterocycles. The number of aromatic amines is 1. The van der Waals surface area contributed by atoms with E-state index in [1.807, 2.05) is 13.1 Å². The first-order valence-electron chi connectivity index (χ1n) is 14.9. The number of fused-ring (bicyclic) bond motifs is 3. The van der Waals surface area contributed by atoms with Crippen molar-refractivity contribution < 1.29 is 9.47 Å². The SMILES string of the molecule is Cc1nc2ncc(-c3ccc4c(c3)CN(c3nc(C(C)N5CCOCC5)nc5c3CC(C)(C)CC5)CCO4)cc2[nH]1. The Morgan fingerprint density at radius 1 is 1.00 bits per heavy atom. The summed E-state index contributed by atoms with van der Waals surface area (Å²) in [7, 11) is 0. The van der Waals surface area contributed by atoms with Gasteiger partial charge >= 0.3 is 0 Å². The zero-order valence-corrected chi connectivity index (χ0v) is 24.5. The Balaban J connectivity index is 1.26. The predicted molar refractivity (Wildman–Crippen MR) is 159 cm³/mol. The second-order valence-corrected chi connectivity index (χ2v) is 12.5. The minimum Gasteiger partial charge on any atom is -0.491 e. The van der Waals surface area contributed by atoms with Crippen molar-refractivity contribution in [3.63, 3.8) is 0 Å². The van der Waals surface area contributed by atoms with E-state index in [4.69, 9.17) is 19.4 Å². The summed E-state index contributed by atoms with van der Waals surface area (Å²) in [5.74, 6) is 3.81. The number of anilines is 1. The third-order valence-corrected chi connectivity index (χ3v) is 8.88. The number of imidazole rings is 1. The molecule has 2 aliphatic heterocycles. The van der Waals surface area contributed by atoms with Crippen LogP contribution in [0.15, 0.2) is 30.5 Å². The minimum atomic E-state index is 0.147. The lowest BCUT2D eigenvalue weighted by Crippen LogP contribution is -2.39. The van der Waals surface area contributed by atoms with Gasteiger partial charge in [-0.15, -0.1) is 0 Å². The Morgan fingerprint density at radius 3 is 2.71 bits per heavy atom. The van der Waals surface area contributed by atoms with Crippen LogP contribution < -0.4 is 9.64 Å². The average Bonchev–Trinajstić information content (AvgIpc) is 3.22. The molecule has 1 atom stereocenters. The highest BCUT2D eigenvalue weighted by Gasteiger charge is 2.33. The van der Waals surface area contributed by atoms with Crippen LogP contribution in [0, 0.1) is 12.3 Å². The van der Waals surface area contributed by atoms with Crippen molar-refractivity contribution in [2.45, 2.75) is 59.5 Å². The van der Waals surface area contributed by atoms with E-state index in [1.165, 1.54) is 11.3 Å². The predicted octanol–water partition coefficient (Wildman–Crippen LogP) is 5.03. The van der Waals surface area contributed by atoms with Gasteiger partial charge in [0.15, 0.2) is 5.65 Å². The highest BCUT2D eigenvalue weighted by Crippen LogP contribution is 2.40. The van der Waals surface area contributed by atoms with Crippen LogP contribution in [0.1, 0.15) is 61.7 Å². The van der Waals surface area contributed by atoms with Gasteiger partial charge in [0.25, 0.3) is 0 Å². The van der Waals surface area contributed by atoms with Gasteiger partial charge in [-0.2, -0.15) is 0 Å². The molecule has 0 saturated carbocycles. The van der Waals surface area contributed by atoms with Gasteiger partial charge in [0.1, 0.15) is 29.8 Å². The molecule has 3 aromatic heterocycles. The molecule has 1 saturated heterocycles. The quantitative estimate of drug-likeness (QED) is 0.376. The van der Waals surface area contributed by atoms with Gasteiger partial charge in [-0.25, -0.2) is 19.9 Å². The fourth-order valence-corrected chi connectivity index (χ4v) is 6.46. The molecule has 0 radical (unpaired) electrons. The van der Waals surface area contributed by atoms with Crippen molar-refractivity contribution >= 4 is 17.0 Å². The van der Waals surface area contributed by atoms with Gasteiger partial charge in [0, 0.05) is 48.2 Å². The van der Waals surface area contributed by atoms with Crippen LogP contribution in [0.4, 0.5) is 5.82 Å². The molecule has 4 aromatic rings. The Bertz CT molecular complexity index is 1590. The van der Waals surface area contributed by atoms with Crippen LogP contribution in [-0.2, 0) is 24.1 Å². The molecule has 41 heavy (non-hydrogen) atoms. The lowest BCUT2D eigenvalue weighted by atomic mass is 9.76. The van der Waals surface area contributed by atoms with E-state index < -0.39 is 0 Å². The number of nitrogens with one attached hydrogen (secondary N) is 1. The number of nitrogens with zero attached hydrogens (tertiary/aromatic N) is 6. The standard InChI is InChI=1S/C32H39N7O2/c1-20(38-9-12-40-13-10-38)29-36-26-7-8-32(3,4)17-25(26)31(37-29)39-11-14-41-28-6-5-22(15-24(28)19-39)23-16-27-30(33-18-23)35-21(2)34-27/h5-6,15-16,18,20H,7-14,17,19H2,1-4H3,(H,33,34,35). The number of aromatic nitrogens is 5. The van der Waals surface area contributed by atoms with Gasteiger partial charge in [-0.3, -0.25) is 4.90 Å². The normalized spacial score (nSPS) is 19.8. The van der Waals surface area contributed by atoms with E-state index in [1.54, 1.807) is 0 Å². The molecule has 1 aliphatic carbocycles. The Labute approximate surface area is 241 Å². The number of aryl methyl sites for hydroxylation is 2. The van der Waals surface area contributed by atoms with Crippen molar-refractivity contribution in [1.82, 2.24) is 29.8 Å². The molecule has 3 aliphatic rings. The first-order chi connectivity index (χ1) is 19.8. The third-order valence-electron chi connectivity index (χ3n) is 8.88. The molecular weight excluding hydrogens is 514 g/mol. The lowest BCUT2D eigenvalue weighted by Gasteiger charge is -2.36. The number of rotatable bonds is 4. The van der Waals surface area contributed by atoms with Gasteiger partial charge in [-0.1, -0.05) is 19.9 Å². The van der Waals surface area contributed by atoms with Crippen LogP contribution in [-0.4, -0.2) is 69.3 Å². The lowest BCUT2D eigenvalue weighted by molar-refractivity contribution is 0.0181. The van der Waals surface area contributed by atoms with E-state index in [2.05, 4.69) is 69.8 Å². The summed E-state index contributed by atoms with van der Waals surface area (Å²) in [5, 5.41) is 0. The van der Waals surface area contributed by atoms with Crippen molar-refractivity contribution in [1.29, 1.82) is 0 Å². The van der Waals surface area contributed by atoms with Crippen molar-refractivity contribution in [2.75, 3.05) is 44.4 Å². The zero-order chi connectivity index (χ0) is 28.1. The molecule has 1 aromatic carbocycles. The molecule has 9 nitrogen and oxygen atoms in total. The maximum absolute atomic E-state index is 6.28. The zero-order valence-electron chi connectivity index (χ0n) is 24.5. The Morgan fingerprint density at radius 2 is 1.85 bits per heavy atom. The van der Waals surface area contributed by atoms with Crippen molar-refractivity contribution in [3.8, 4) is 16.9 Å². The van der Waals surface area contributed by atoms with Gasteiger partial charge in [0.05, 0.1) is 31.3 Å². The largest absolute Gasteiger partial charge is 0.491 e. The molecule has 7 rings (SSSR count). The molecule has 1 fully saturated rings. The highest BCUT2D eigenvalue weighted by atomic mass is 16.5. The second-order valence-electron chi connectivity index (χ2n) is 12.5. The highest BCUT2D eigenvalue weighted by molar-refractivity contribution is 5.78. The topological polar surface area (TPSA) is 92.3 Å². The Kier molecular flexibility index (Phi) is 6.66. The van der Waals surface area contributed by atoms with Crippen LogP contribution in [0.2, 0.25) is 0 Å². The van der Waals surface area contributed by atoms with E-state index in [9.17, 15) is 0 Å². The number of benzene rings is 1. The van der Waals surface area contributed by atoms with Crippen LogP contribution in [0.5, 0.6) is 5.75 Å². The minimum absolute atomic E-state index is 0.147. The summed E-state index contributed by atoms with van der Waals surface area (Å²) in [4.78, 5) is 27.7. The van der Waals surface area contributed by atoms with Gasteiger partial charge in [-0.05, 0) is 62.3 Å². The summed E-state index contributed by atoms with van der Waals surface area (Å²) >= 11 is 0.